The molecule has 0 aliphatic heterocycles. The molecular formula is C12H23NO. The number of carbonyl (C=O) groups is 1. The second kappa shape index (κ2) is 4.01. The summed E-state index contributed by atoms with van der Waals surface area (Å²) in [5, 5.41) is 0. The fourth-order valence-electron chi connectivity index (χ4n) is 2.72. The predicted molar refractivity (Wildman–Crippen MR) is 59.0 cm³/mol. The number of rotatable bonds is 2. The number of aldehydes is 1. The molecule has 82 valence electrons. The van der Waals surface area contributed by atoms with E-state index in [0.717, 1.165) is 19.1 Å². The normalized spacial score (nSPS) is 24.3. The zero-order valence-corrected chi connectivity index (χ0v) is 9.68. The van der Waals surface area contributed by atoms with Crippen LogP contribution in [0.15, 0.2) is 0 Å². The highest BCUT2D eigenvalue weighted by atomic mass is 16.1. The van der Waals surface area contributed by atoms with Gasteiger partial charge in [0.05, 0.1) is 0 Å². The Morgan fingerprint density at radius 1 is 1.21 bits per heavy atom. The van der Waals surface area contributed by atoms with E-state index in [1.807, 2.05) is 0 Å². The standard InChI is InChI=1S/C12H23NO/c1-11(2,3)10(9-14)12(13)7-5-4-6-8-12/h9-10H,4-8,13H2,1-3H3. The van der Waals surface area contributed by atoms with Gasteiger partial charge in [-0.2, -0.15) is 0 Å². The van der Waals surface area contributed by atoms with Crippen molar-refractivity contribution in [2.24, 2.45) is 17.1 Å². The molecule has 1 atom stereocenters. The number of carbonyl (C=O) groups excluding carboxylic acids is 1. The Hall–Kier alpha value is -0.370. The lowest BCUT2D eigenvalue weighted by molar-refractivity contribution is -0.117. The molecule has 0 amide bonds. The first-order valence-corrected chi connectivity index (χ1v) is 5.64. The van der Waals surface area contributed by atoms with Gasteiger partial charge in [0.15, 0.2) is 0 Å². The number of hydrogen-bond acceptors (Lipinski definition) is 2. The van der Waals surface area contributed by atoms with Gasteiger partial charge in [-0.1, -0.05) is 40.0 Å². The van der Waals surface area contributed by atoms with E-state index in [0.29, 0.717) is 0 Å². The maximum atomic E-state index is 11.2. The van der Waals surface area contributed by atoms with Gasteiger partial charge in [0.25, 0.3) is 0 Å². The van der Waals surface area contributed by atoms with Crippen LogP contribution in [0.4, 0.5) is 0 Å². The van der Waals surface area contributed by atoms with Gasteiger partial charge in [-0.15, -0.1) is 0 Å². The van der Waals surface area contributed by atoms with Gasteiger partial charge in [-0.3, -0.25) is 0 Å². The van der Waals surface area contributed by atoms with Gasteiger partial charge in [0.1, 0.15) is 6.29 Å². The summed E-state index contributed by atoms with van der Waals surface area (Å²) in [4.78, 5) is 11.2. The number of nitrogens with two attached hydrogens (primary N) is 1. The Morgan fingerprint density at radius 2 is 1.71 bits per heavy atom. The topological polar surface area (TPSA) is 43.1 Å². The Balaban J connectivity index is 2.81. The molecule has 14 heavy (non-hydrogen) atoms. The highest BCUT2D eigenvalue weighted by Crippen LogP contribution is 2.40. The molecule has 0 aromatic heterocycles. The van der Waals surface area contributed by atoms with Crippen molar-refractivity contribution in [2.45, 2.75) is 58.4 Å². The van der Waals surface area contributed by atoms with Crippen LogP contribution >= 0.6 is 0 Å². The lowest BCUT2D eigenvalue weighted by Crippen LogP contribution is -2.53. The first-order chi connectivity index (χ1) is 6.40. The molecule has 0 aromatic carbocycles. The maximum absolute atomic E-state index is 11.2. The first-order valence-electron chi connectivity index (χ1n) is 5.64. The average molecular weight is 197 g/mol. The van der Waals surface area contributed by atoms with Gasteiger partial charge in [0, 0.05) is 11.5 Å². The minimum absolute atomic E-state index is 0.00435. The summed E-state index contributed by atoms with van der Waals surface area (Å²) in [6.45, 7) is 6.32. The fourth-order valence-corrected chi connectivity index (χ4v) is 2.72. The molecule has 0 aromatic rings. The minimum atomic E-state index is -0.238. The third kappa shape index (κ3) is 2.35. The van der Waals surface area contributed by atoms with E-state index in [1.165, 1.54) is 19.3 Å². The van der Waals surface area contributed by atoms with Crippen LogP contribution in [-0.2, 0) is 4.79 Å². The third-order valence-electron chi connectivity index (χ3n) is 3.47. The van der Waals surface area contributed by atoms with E-state index in [4.69, 9.17) is 5.73 Å². The zero-order valence-electron chi connectivity index (χ0n) is 9.68. The van der Waals surface area contributed by atoms with Crippen LogP contribution in [-0.4, -0.2) is 11.8 Å². The zero-order chi connectivity index (χ0) is 10.8. The van der Waals surface area contributed by atoms with Gasteiger partial charge < -0.3 is 10.5 Å². The summed E-state index contributed by atoms with van der Waals surface area (Å²) in [6, 6.07) is 0. The Bertz CT molecular complexity index is 199. The summed E-state index contributed by atoms with van der Waals surface area (Å²) < 4.78 is 0. The van der Waals surface area contributed by atoms with Crippen molar-refractivity contribution < 1.29 is 4.79 Å². The Labute approximate surface area is 87.2 Å². The molecule has 1 unspecified atom stereocenters. The molecule has 2 nitrogen and oxygen atoms in total. The first kappa shape index (κ1) is 11.7. The molecule has 0 radical (unpaired) electrons. The van der Waals surface area contributed by atoms with Gasteiger partial charge in [0.2, 0.25) is 0 Å². The molecule has 0 heterocycles. The van der Waals surface area contributed by atoms with Crippen molar-refractivity contribution in [1.29, 1.82) is 0 Å². The molecule has 0 bridgehead atoms. The molecule has 0 spiro atoms. The fraction of sp³-hybridized carbons (Fsp3) is 0.917. The minimum Gasteiger partial charge on any atom is -0.324 e. The summed E-state index contributed by atoms with van der Waals surface area (Å²) in [5.41, 5.74) is 6.12. The summed E-state index contributed by atoms with van der Waals surface area (Å²) in [6.07, 6.45) is 6.72. The van der Waals surface area contributed by atoms with Crippen molar-refractivity contribution in [3.05, 3.63) is 0 Å². The van der Waals surface area contributed by atoms with Crippen LogP contribution in [0.25, 0.3) is 0 Å². The van der Waals surface area contributed by atoms with E-state index in [1.54, 1.807) is 0 Å². The molecule has 1 aliphatic rings. The molecule has 1 saturated carbocycles. The van der Waals surface area contributed by atoms with Crippen molar-refractivity contribution in [3.8, 4) is 0 Å². The second-order valence-electron chi connectivity index (χ2n) is 5.77. The van der Waals surface area contributed by atoms with E-state index in [-0.39, 0.29) is 16.9 Å². The summed E-state index contributed by atoms with van der Waals surface area (Å²) in [7, 11) is 0. The van der Waals surface area contributed by atoms with Gasteiger partial charge in [-0.25, -0.2) is 0 Å². The van der Waals surface area contributed by atoms with Crippen LogP contribution in [0.1, 0.15) is 52.9 Å². The lowest BCUT2D eigenvalue weighted by atomic mass is 9.64. The van der Waals surface area contributed by atoms with Crippen molar-refractivity contribution in [3.63, 3.8) is 0 Å². The number of hydrogen-bond donors (Lipinski definition) is 1. The molecule has 1 rings (SSSR count). The van der Waals surface area contributed by atoms with Gasteiger partial charge >= 0.3 is 0 Å². The molecule has 0 saturated heterocycles. The van der Waals surface area contributed by atoms with E-state index >= 15 is 0 Å². The van der Waals surface area contributed by atoms with Crippen molar-refractivity contribution in [2.75, 3.05) is 0 Å². The summed E-state index contributed by atoms with van der Waals surface area (Å²) in [5.74, 6) is -0.00435. The smallest absolute Gasteiger partial charge is 0.125 e. The largest absolute Gasteiger partial charge is 0.324 e. The van der Waals surface area contributed by atoms with Crippen LogP contribution in [0.5, 0.6) is 0 Å². The van der Waals surface area contributed by atoms with Crippen molar-refractivity contribution in [1.82, 2.24) is 0 Å². The second-order valence-corrected chi connectivity index (χ2v) is 5.77. The third-order valence-corrected chi connectivity index (χ3v) is 3.47. The van der Waals surface area contributed by atoms with Gasteiger partial charge in [-0.05, 0) is 18.3 Å². The Kier molecular flexibility index (Phi) is 3.36. The molecular weight excluding hydrogens is 174 g/mol. The highest BCUT2D eigenvalue weighted by Gasteiger charge is 2.42. The summed E-state index contributed by atoms with van der Waals surface area (Å²) >= 11 is 0. The van der Waals surface area contributed by atoms with Crippen LogP contribution in [0.2, 0.25) is 0 Å². The lowest BCUT2D eigenvalue weighted by Gasteiger charge is -2.44. The van der Waals surface area contributed by atoms with E-state index < -0.39 is 0 Å². The van der Waals surface area contributed by atoms with E-state index in [2.05, 4.69) is 20.8 Å². The van der Waals surface area contributed by atoms with Crippen molar-refractivity contribution >= 4 is 6.29 Å². The highest BCUT2D eigenvalue weighted by molar-refractivity contribution is 5.57. The van der Waals surface area contributed by atoms with Crippen LogP contribution < -0.4 is 5.73 Å². The SMILES string of the molecule is CC(C)(C)C(C=O)C1(N)CCCCC1. The monoisotopic (exact) mass is 197 g/mol. The average Bonchev–Trinajstić information content (AvgIpc) is 2.03. The quantitative estimate of drug-likeness (QED) is 0.691. The maximum Gasteiger partial charge on any atom is 0.125 e. The molecule has 2 heteroatoms. The molecule has 2 N–H and O–H groups in total. The predicted octanol–water partition coefficient (Wildman–Crippen LogP) is 2.51. The van der Waals surface area contributed by atoms with Crippen LogP contribution in [0.3, 0.4) is 0 Å². The molecule has 1 fully saturated rings. The van der Waals surface area contributed by atoms with E-state index in [9.17, 15) is 4.79 Å². The Morgan fingerprint density at radius 3 is 2.07 bits per heavy atom. The molecule has 1 aliphatic carbocycles. The van der Waals surface area contributed by atoms with Crippen LogP contribution in [0, 0.1) is 11.3 Å².